The minimum Gasteiger partial charge on any atom is -0.329 e. The molecule has 0 spiro atoms. The summed E-state index contributed by atoms with van der Waals surface area (Å²) in [5.41, 5.74) is 1.08. The van der Waals surface area contributed by atoms with Crippen molar-refractivity contribution in [3.8, 4) is 0 Å². The number of nitrogens with zero attached hydrogens (tertiary/aromatic N) is 1. The van der Waals surface area contributed by atoms with E-state index in [2.05, 4.69) is 24.3 Å². The third kappa shape index (κ3) is 4.25. The van der Waals surface area contributed by atoms with Crippen molar-refractivity contribution < 1.29 is 0 Å². The maximum Gasteiger partial charge on any atom is 0.172 e. The summed E-state index contributed by atoms with van der Waals surface area (Å²) >= 11 is 5.84. The fourth-order valence-electron chi connectivity index (χ4n) is 0.855. The Labute approximate surface area is 85.6 Å². The van der Waals surface area contributed by atoms with Gasteiger partial charge in [-0.05, 0) is 37.3 Å². The molecule has 0 aliphatic rings. The van der Waals surface area contributed by atoms with Gasteiger partial charge < -0.3 is 4.66 Å². The standard InChI is InChI=1S/C10H14ClNSi/c1-13(2,3)12-8-9-5-4-6-10(11)7-9/h4-8H,1-3H3. The Balaban J connectivity index is 2.80. The first-order valence-electron chi connectivity index (χ1n) is 4.28. The summed E-state index contributed by atoms with van der Waals surface area (Å²) in [5, 5.41) is 0.763. The van der Waals surface area contributed by atoms with Gasteiger partial charge in [0, 0.05) is 11.2 Å². The van der Waals surface area contributed by atoms with E-state index >= 15 is 0 Å². The second-order valence-corrected chi connectivity index (χ2v) is 9.02. The molecule has 0 aromatic heterocycles. The molecule has 1 aromatic rings. The molecule has 0 aliphatic carbocycles. The fourth-order valence-corrected chi connectivity index (χ4v) is 1.59. The lowest BCUT2D eigenvalue weighted by molar-refractivity contribution is 1.56. The first-order chi connectivity index (χ1) is 5.97. The molecule has 0 radical (unpaired) electrons. The molecule has 0 saturated carbocycles. The van der Waals surface area contributed by atoms with E-state index in [-0.39, 0.29) is 0 Å². The SMILES string of the molecule is C[Si](C)(C)N=Cc1cccc(Cl)c1. The van der Waals surface area contributed by atoms with Gasteiger partial charge in [-0.2, -0.15) is 0 Å². The van der Waals surface area contributed by atoms with Crippen molar-refractivity contribution in [1.82, 2.24) is 0 Å². The second-order valence-electron chi connectivity index (χ2n) is 3.98. The zero-order valence-electron chi connectivity index (χ0n) is 8.21. The highest BCUT2D eigenvalue weighted by atomic mass is 35.5. The van der Waals surface area contributed by atoms with Crippen LogP contribution in [0.15, 0.2) is 28.9 Å². The highest BCUT2D eigenvalue weighted by Gasteiger charge is 2.08. The maximum atomic E-state index is 5.84. The van der Waals surface area contributed by atoms with Gasteiger partial charge in [-0.1, -0.05) is 23.7 Å². The van der Waals surface area contributed by atoms with Crippen molar-refractivity contribution in [2.75, 3.05) is 0 Å². The van der Waals surface area contributed by atoms with Crippen LogP contribution in [-0.2, 0) is 0 Å². The average Bonchev–Trinajstić information content (AvgIpc) is 2.00. The number of hydrogen-bond donors (Lipinski definition) is 0. The summed E-state index contributed by atoms with van der Waals surface area (Å²) in [6.45, 7) is 6.61. The predicted octanol–water partition coefficient (Wildman–Crippen LogP) is 3.59. The maximum absolute atomic E-state index is 5.84. The first-order valence-corrected chi connectivity index (χ1v) is 8.11. The quantitative estimate of drug-likeness (QED) is 0.524. The number of halogens is 1. The van der Waals surface area contributed by atoms with Crippen LogP contribution in [0.2, 0.25) is 24.7 Å². The van der Waals surface area contributed by atoms with Crippen LogP contribution in [-0.4, -0.2) is 14.5 Å². The van der Waals surface area contributed by atoms with Gasteiger partial charge in [0.15, 0.2) is 8.24 Å². The zero-order chi connectivity index (χ0) is 9.90. The Hall–Kier alpha value is -0.603. The Bertz CT molecular complexity index is 315. The van der Waals surface area contributed by atoms with Gasteiger partial charge in [0.1, 0.15) is 0 Å². The van der Waals surface area contributed by atoms with Crippen LogP contribution >= 0.6 is 11.6 Å². The molecule has 0 bridgehead atoms. The summed E-state index contributed by atoms with van der Waals surface area (Å²) in [7, 11) is -1.33. The van der Waals surface area contributed by atoms with Gasteiger partial charge in [-0.15, -0.1) is 0 Å². The molecule has 0 saturated heterocycles. The van der Waals surface area contributed by atoms with E-state index < -0.39 is 8.24 Å². The summed E-state index contributed by atoms with van der Waals surface area (Å²) in [6, 6.07) is 7.74. The van der Waals surface area contributed by atoms with Crippen LogP contribution in [0.25, 0.3) is 0 Å². The second kappa shape index (κ2) is 4.07. The number of hydrogen-bond acceptors (Lipinski definition) is 1. The van der Waals surface area contributed by atoms with Crippen molar-refractivity contribution >= 4 is 26.1 Å². The summed E-state index contributed by atoms with van der Waals surface area (Å²) < 4.78 is 4.52. The van der Waals surface area contributed by atoms with Crippen LogP contribution in [0.4, 0.5) is 0 Å². The molecule has 0 fully saturated rings. The van der Waals surface area contributed by atoms with Gasteiger partial charge in [-0.3, -0.25) is 0 Å². The molecule has 0 N–H and O–H groups in total. The minimum atomic E-state index is -1.33. The molecule has 0 aliphatic heterocycles. The fraction of sp³-hybridized carbons (Fsp3) is 0.300. The monoisotopic (exact) mass is 211 g/mol. The molecule has 13 heavy (non-hydrogen) atoms. The van der Waals surface area contributed by atoms with E-state index in [1.165, 1.54) is 0 Å². The van der Waals surface area contributed by atoms with Gasteiger partial charge in [0.25, 0.3) is 0 Å². The first kappa shape index (κ1) is 10.5. The third-order valence-corrected chi connectivity index (χ3v) is 2.59. The molecular formula is C10H14ClNSi. The Morgan fingerprint density at radius 3 is 2.54 bits per heavy atom. The Morgan fingerprint density at radius 2 is 2.00 bits per heavy atom. The Kier molecular flexibility index (Phi) is 3.28. The molecule has 0 amide bonds. The van der Waals surface area contributed by atoms with Crippen LogP contribution < -0.4 is 0 Å². The summed E-state index contributed by atoms with van der Waals surface area (Å²) in [5.74, 6) is 0. The van der Waals surface area contributed by atoms with E-state index in [9.17, 15) is 0 Å². The third-order valence-electron chi connectivity index (χ3n) is 1.45. The van der Waals surface area contributed by atoms with E-state index in [0.717, 1.165) is 10.6 Å². The lowest BCUT2D eigenvalue weighted by atomic mass is 10.2. The molecule has 1 nitrogen and oxygen atoms in total. The minimum absolute atomic E-state index is 0.763. The van der Waals surface area contributed by atoms with Gasteiger partial charge in [0.2, 0.25) is 0 Å². The molecule has 1 rings (SSSR count). The molecule has 70 valence electrons. The van der Waals surface area contributed by atoms with Crippen LogP contribution in [0.5, 0.6) is 0 Å². The van der Waals surface area contributed by atoms with Crippen molar-refractivity contribution in [3.63, 3.8) is 0 Å². The Morgan fingerprint density at radius 1 is 1.31 bits per heavy atom. The lowest BCUT2D eigenvalue weighted by Crippen LogP contribution is -2.16. The highest BCUT2D eigenvalue weighted by Crippen LogP contribution is 2.10. The van der Waals surface area contributed by atoms with Crippen LogP contribution in [0.3, 0.4) is 0 Å². The van der Waals surface area contributed by atoms with Crippen molar-refractivity contribution in [2.45, 2.75) is 19.6 Å². The number of benzene rings is 1. The zero-order valence-corrected chi connectivity index (χ0v) is 9.97. The molecule has 0 unspecified atom stereocenters. The topological polar surface area (TPSA) is 12.4 Å². The van der Waals surface area contributed by atoms with Gasteiger partial charge in [0.05, 0.1) is 0 Å². The highest BCUT2D eigenvalue weighted by molar-refractivity contribution is 6.75. The van der Waals surface area contributed by atoms with Crippen LogP contribution in [0, 0.1) is 0 Å². The molecule has 0 atom stereocenters. The lowest BCUT2D eigenvalue weighted by Gasteiger charge is -2.07. The van der Waals surface area contributed by atoms with Crippen molar-refractivity contribution in [3.05, 3.63) is 34.9 Å². The van der Waals surface area contributed by atoms with Gasteiger partial charge in [-0.25, -0.2) is 0 Å². The van der Waals surface area contributed by atoms with Crippen molar-refractivity contribution in [2.24, 2.45) is 4.66 Å². The van der Waals surface area contributed by atoms with E-state index in [1.54, 1.807) is 0 Å². The van der Waals surface area contributed by atoms with E-state index in [4.69, 9.17) is 11.6 Å². The molecule has 3 heteroatoms. The van der Waals surface area contributed by atoms with Gasteiger partial charge >= 0.3 is 0 Å². The number of rotatable bonds is 2. The largest absolute Gasteiger partial charge is 0.329 e. The van der Waals surface area contributed by atoms with E-state index in [1.807, 2.05) is 30.5 Å². The molecule has 0 heterocycles. The summed E-state index contributed by atoms with van der Waals surface area (Å²) in [4.78, 5) is 0. The average molecular weight is 212 g/mol. The molecular weight excluding hydrogens is 198 g/mol. The molecule has 1 aromatic carbocycles. The summed E-state index contributed by atoms with van der Waals surface area (Å²) in [6.07, 6.45) is 1.91. The normalized spacial score (nSPS) is 12.3. The predicted molar refractivity (Wildman–Crippen MR) is 62.4 cm³/mol. The van der Waals surface area contributed by atoms with E-state index in [0.29, 0.717) is 0 Å². The smallest absolute Gasteiger partial charge is 0.172 e. The van der Waals surface area contributed by atoms with Crippen LogP contribution in [0.1, 0.15) is 5.56 Å². The van der Waals surface area contributed by atoms with Crippen molar-refractivity contribution in [1.29, 1.82) is 0 Å².